The van der Waals surface area contributed by atoms with Crippen molar-refractivity contribution in [3.8, 4) is 0 Å². The molecular weight excluding hydrogens is 456 g/mol. The third-order valence-electron chi connectivity index (χ3n) is 7.39. The molecule has 1 aliphatic carbocycles. The lowest BCUT2D eigenvalue weighted by molar-refractivity contribution is 0.0601. The lowest BCUT2D eigenvalue weighted by Gasteiger charge is -2.19. The van der Waals surface area contributed by atoms with Crippen molar-refractivity contribution in [3.05, 3.63) is 142 Å². The van der Waals surface area contributed by atoms with Gasteiger partial charge in [0.25, 0.3) is 0 Å². The number of methoxy groups -OCH3 is 1. The molecule has 2 aromatic heterocycles. The molecule has 6 aromatic rings. The molecule has 2 N–H and O–H groups in total. The average Bonchev–Trinajstić information content (AvgIpc) is 3.47. The first-order chi connectivity index (χ1) is 18.2. The van der Waals surface area contributed by atoms with Gasteiger partial charge in [-0.25, -0.2) is 4.79 Å². The third-order valence-corrected chi connectivity index (χ3v) is 7.39. The van der Waals surface area contributed by atoms with Crippen molar-refractivity contribution in [2.45, 2.75) is 5.92 Å². The Kier molecular flexibility index (Phi) is 4.86. The predicted molar refractivity (Wildman–Crippen MR) is 149 cm³/mol. The van der Waals surface area contributed by atoms with Gasteiger partial charge in [0, 0.05) is 39.0 Å². The highest BCUT2D eigenvalue weighted by Gasteiger charge is 2.32. The van der Waals surface area contributed by atoms with Gasteiger partial charge in [-0.1, -0.05) is 84.9 Å². The summed E-state index contributed by atoms with van der Waals surface area (Å²) in [5.74, 6) is -0.360. The maximum atomic E-state index is 12.4. The van der Waals surface area contributed by atoms with Crippen LogP contribution in [0.5, 0.6) is 0 Å². The Labute approximate surface area is 214 Å². The zero-order valence-electron chi connectivity index (χ0n) is 20.3. The van der Waals surface area contributed by atoms with Gasteiger partial charge in [0.05, 0.1) is 18.4 Å². The van der Waals surface area contributed by atoms with Gasteiger partial charge < -0.3 is 14.7 Å². The van der Waals surface area contributed by atoms with Gasteiger partial charge in [-0.05, 0) is 46.5 Å². The van der Waals surface area contributed by atoms with E-state index < -0.39 is 0 Å². The minimum atomic E-state index is -0.343. The van der Waals surface area contributed by atoms with Crippen molar-refractivity contribution in [1.29, 1.82) is 0 Å². The van der Waals surface area contributed by atoms with E-state index in [0.29, 0.717) is 5.56 Å². The van der Waals surface area contributed by atoms with E-state index in [2.05, 4.69) is 101 Å². The molecule has 4 nitrogen and oxygen atoms in total. The molecule has 0 saturated heterocycles. The van der Waals surface area contributed by atoms with Gasteiger partial charge in [-0.3, -0.25) is 0 Å². The van der Waals surface area contributed by atoms with Crippen LogP contribution in [0.4, 0.5) is 0 Å². The molecule has 1 aliphatic rings. The quantitative estimate of drug-likeness (QED) is 0.257. The first kappa shape index (κ1) is 21.5. The number of benzene rings is 4. The van der Waals surface area contributed by atoms with Gasteiger partial charge in [0.15, 0.2) is 0 Å². The van der Waals surface area contributed by atoms with E-state index in [9.17, 15) is 4.79 Å². The number of carbonyl (C=O) groups is 1. The van der Waals surface area contributed by atoms with Crippen LogP contribution in [0.2, 0.25) is 0 Å². The molecule has 0 radical (unpaired) electrons. The van der Waals surface area contributed by atoms with Crippen LogP contribution in [-0.4, -0.2) is 23.0 Å². The molecule has 2 heterocycles. The third kappa shape index (κ3) is 3.34. The molecule has 7 rings (SSSR count). The van der Waals surface area contributed by atoms with E-state index in [1.165, 1.54) is 29.2 Å². The van der Waals surface area contributed by atoms with Gasteiger partial charge in [-0.2, -0.15) is 0 Å². The molecule has 37 heavy (non-hydrogen) atoms. The topological polar surface area (TPSA) is 57.9 Å². The number of rotatable bonds is 3. The summed E-state index contributed by atoms with van der Waals surface area (Å²) in [6.07, 6.45) is 2.27. The molecule has 1 atom stereocenters. The molecule has 1 unspecified atom stereocenters. The van der Waals surface area contributed by atoms with Gasteiger partial charge in [0.2, 0.25) is 0 Å². The zero-order chi connectivity index (χ0) is 24.9. The number of para-hydroxylation sites is 1. The molecule has 0 amide bonds. The maximum Gasteiger partial charge on any atom is 0.337 e. The summed E-state index contributed by atoms with van der Waals surface area (Å²) in [5.41, 5.74) is 10.6. The van der Waals surface area contributed by atoms with Crippen LogP contribution in [0, 0.1) is 0 Å². The number of hydrogen-bond donors (Lipinski definition) is 2. The first-order valence-corrected chi connectivity index (χ1v) is 12.4. The summed E-state index contributed by atoms with van der Waals surface area (Å²) < 4.78 is 5.00. The molecule has 0 saturated carbocycles. The average molecular weight is 481 g/mol. The molecule has 0 bridgehead atoms. The van der Waals surface area contributed by atoms with Crippen LogP contribution in [0.3, 0.4) is 0 Å². The van der Waals surface area contributed by atoms with Crippen LogP contribution in [0.1, 0.15) is 49.9 Å². The number of aromatic amines is 2. The second-order valence-electron chi connectivity index (χ2n) is 9.43. The van der Waals surface area contributed by atoms with Crippen molar-refractivity contribution >= 4 is 39.4 Å². The van der Waals surface area contributed by atoms with E-state index in [1.807, 2.05) is 18.2 Å². The Morgan fingerprint density at radius 3 is 2.22 bits per heavy atom. The summed E-state index contributed by atoms with van der Waals surface area (Å²) in [5, 5.41) is 2.31. The van der Waals surface area contributed by atoms with E-state index in [-0.39, 0.29) is 11.9 Å². The largest absolute Gasteiger partial charge is 0.465 e. The highest BCUT2D eigenvalue weighted by Crippen LogP contribution is 2.48. The number of carbonyl (C=O) groups excluding carboxylic acids is 1. The van der Waals surface area contributed by atoms with E-state index in [4.69, 9.17) is 4.74 Å². The summed E-state index contributed by atoms with van der Waals surface area (Å²) in [7, 11) is 1.41. The smallest absolute Gasteiger partial charge is 0.337 e. The van der Waals surface area contributed by atoms with Crippen LogP contribution >= 0.6 is 0 Å². The lowest BCUT2D eigenvalue weighted by Crippen LogP contribution is -2.05. The number of nitrogens with one attached hydrogen (secondary N) is 2. The Morgan fingerprint density at radius 1 is 0.730 bits per heavy atom. The van der Waals surface area contributed by atoms with Crippen LogP contribution < -0.4 is 0 Å². The Bertz CT molecular complexity index is 1820. The fraction of sp³-hybridized carbons (Fsp3) is 0.0606. The highest BCUT2D eigenvalue weighted by atomic mass is 16.5. The molecular formula is C33H24N2O2. The monoisotopic (exact) mass is 480 g/mol. The second kappa shape index (κ2) is 8.38. The van der Waals surface area contributed by atoms with Crippen molar-refractivity contribution in [2.24, 2.45) is 0 Å². The van der Waals surface area contributed by atoms with Gasteiger partial charge >= 0.3 is 5.97 Å². The molecule has 0 spiro atoms. The van der Waals surface area contributed by atoms with Gasteiger partial charge in [0.1, 0.15) is 0 Å². The second-order valence-corrected chi connectivity index (χ2v) is 9.43. The van der Waals surface area contributed by atoms with Gasteiger partial charge in [-0.15, -0.1) is 0 Å². The fourth-order valence-electron chi connectivity index (χ4n) is 5.77. The Morgan fingerprint density at radius 2 is 1.43 bits per heavy atom. The zero-order valence-corrected chi connectivity index (χ0v) is 20.3. The lowest BCUT2D eigenvalue weighted by atomic mass is 9.82. The number of hydrogen-bond acceptors (Lipinski definition) is 2. The van der Waals surface area contributed by atoms with Crippen LogP contribution in [0.25, 0.3) is 33.5 Å². The molecule has 0 fully saturated rings. The van der Waals surface area contributed by atoms with Crippen molar-refractivity contribution in [3.63, 3.8) is 0 Å². The number of esters is 1. The SMILES string of the molecule is COC(=O)c1ccc2c3c([nH]c2c1)C(c1ccccc1)=Cc1[nH]c2ccccc2c1C3c1ccccc1. The first-order valence-electron chi connectivity index (χ1n) is 12.4. The fourth-order valence-corrected chi connectivity index (χ4v) is 5.77. The van der Waals surface area contributed by atoms with E-state index in [1.54, 1.807) is 0 Å². The van der Waals surface area contributed by atoms with Crippen LogP contribution in [0.15, 0.2) is 103 Å². The molecule has 4 heteroatoms. The number of ether oxygens (including phenoxy) is 1. The Balaban J connectivity index is 1.62. The Hall–Kier alpha value is -4.83. The maximum absolute atomic E-state index is 12.4. The molecule has 0 aliphatic heterocycles. The minimum absolute atomic E-state index is 0.0162. The molecule has 178 valence electrons. The van der Waals surface area contributed by atoms with Crippen LogP contribution in [-0.2, 0) is 4.74 Å². The molecule has 4 aromatic carbocycles. The number of fused-ring (bicyclic) bond motifs is 6. The summed E-state index contributed by atoms with van der Waals surface area (Å²) in [4.78, 5) is 19.8. The number of aromatic nitrogens is 2. The summed E-state index contributed by atoms with van der Waals surface area (Å²) in [6.45, 7) is 0. The number of H-pyrrole nitrogens is 2. The highest BCUT2D eigenvalue weighted by molar-refractivity contribution is 6.04. The van der Waals surface area contributed by atoms with E-state index in [0.717, 1.165) is 38.9 Å². The standard InChI is InChI=1S/C33H24N2O2/c1-37-33(36)22-16-17-24-27(18-22)35-32-25(20-10-4-2-5-11-20)19-28-30(23-14-8-9-15-26(23)34-28)29(31(24)32)21-12-6-3-7-13-21/h2-19,29,34-35H,1H3. The van der Waals surface area contributed by atoms with Crippen molar-refractivity contribution in [1.82, 2.24) is 9.97 Å². The van der Waals surface area contributed by atoms with Crippen molar-refractivity contribution < 1.29 is 9.53 Å². The van der Waals surface area contributed by atoms with E-state index >= 15 is 0 Å². The normalized spacial score (nSPS) is 14.6. The minimum Gasteiger partial charge on any atom is -0.465 e. The predicted octanol–water partition coefficient (Wildman–Crippen LogP) is 7.52. The summed E-state index contributed by atoms with van der Waals surface area (Å²) >= 11 is 0. The van der Waals surface area contributed by atoms with Crippen molar-refractivity contribution in [2.75, 3.05) is 7.11 Å². The summed E-state index contributed by atoms with van der Waals surface area (Å²) in [6, 6.07) is 35.5.